The molecule has 1 nitrogen and oxygen atoms in total. The average molecular weight is 212 g/mol. The zero-order valence-electron chi connectivity index (χ0n) is 7.04. The molecule has 1 N–H and O–H groups in total. The highest BCUT2D eigenvalue weighted by atomic mass is 35.5. The Morgan fingerprint density at radius 1 is 1.23 bits per heavy atom. The van der Waals surface area contributed by atoms with Crippen LogP contribution in [0.3, 0.4) is 0 Å². The quantitative estimate of drug-likeness (QED) is 0.705. The van der Waals surface area contributed by atoms with Crippen LogP contribution in [0.25, 0.3) is 10.1 Å². The summed E-state index contributed by atoms with van der Waals surface area (Å²) in [6, 6.07) is 6.68. The summed E-state index contributed by atoms with van der Waals surface area (Å²) < 4.78 is 1.39. The minimum absolute atomic E-state index is 0. The standard InChI is InChI=1S/C10H9NS.ClH/c1-2-9-8(4-6-12-9)10-7(1)3-5-11-10;/h1-2,4,6,11H,3,5H2;1H. The molecule has 1 aromatic carbocycles. The van der Waals surface area contributed by atoms with Gasteiger partial charge in [0.25, 0.3) is 0 Å². The zero-order chi connectivity index (χ0) is 7.97. The van der Waals surface area contributed by atoms with Gasteiger partial charge >= 0.3 is 0 Å². The van der Waals surface area contributed by atoms with Crippen molar-refractivity contribution >= 4 is 39.5 Å². The Kier molecular flexibility index (Phi) is 2.18. The second-order valence-electron chi connectivity index (χ2n) is 3.11. The molecular formula is C10H10ClNS. The van der Waals surface area contributed by atoms with Gasteiger partial charge in [0.2, 0.25) is 0 Å². The monoisotopic (exact) mass is 211 g/mol. The van der Waals surface area contributed by atoms with Crippen LogP contribution in [0.5, 0.6) is 0 Å². The summed E-state index contributed by atoms with van der Waals surface area (Å²) in [7, 11) is 0. The topological polar surface area (TPSA) is 12.0 Å². The molecule has 0 radical (unpaired) electrons. The number of thiophene rings is 1. The van der Waals surface area contributed by atoms with E-state index < -0.39 is 0 Å². The summed E-state index contributed by atoms with van der Waals surface area (Å²) in [5.74, 6) is 0. The van der Waals surface area contributed by atoms with Gasteiger partial charge in [-0.2, -0.15) is 0 Å². The molecule has 0 saturated carbocycles. The van der Waals surface area contributed by atoms with E-state index >= 15 is 0 Å². The Bertz CT molecular complexity index is 435. The lowest BCUT2D eigenvalue weighted by Gasteiger charge is -2.00. The van der Waals surface area contributed by atoms with Gasteiger partial charge in [0, 0.05) is 22.3 Å². The summed E-state index contributed by atoms with van der Waals surface area (Å²) in [6.45, 7) is 1.10. The van der Waals surface area contributed by atoms with Crippen LogP contribution < -0.4 is 5.32 Å². The smallest absolute Gasteiger partial charge is 0.0461 e. The van der Waals surface area contributed by atoms with Gasteiger partial charge in [-0.1, -0.05) is 6.07 Å². The van der Waals surface area contributed by atoms with Crippen molar-refractivity contribution in [2.75, 3.05) is 11.9 Å². The fourth-order valence-electron chi connectivity index (χ4n) is 1.83. The highest BCUT2D eigenvalue weighted by Crippen LogP contribution is 2.33. The van der Waals surface area contributed by atoms with Crippen LogP contribution in [0.4, 0.5) is 5.69 Å². The first-order chi connectivity index (χ1) is 5.95. The Morgan fingerprint density at radius 3 is 3.08 bits per heavy atom. The van der Waals surface area contributed by atoms with Crippen LogP contribution in [0.15, 0.2) is 23.6 Å². The third-order valence-electron chi connectivity index (χ3n) is 2.42. The molecule has 0 bridgehead atoms. The van der Waals surface area contributed by atoms with Crippen molar-refractivity contribution in [3.8, 4) is 0 Å². The predicted octanol–water partition coefficient (Wildman–Crippen LogP) is 3.29. The van der Waals surface area contributed by atoms with E-state index in [0.717, 1.165) is 6.54 Å². The number of anilines is 1. The number of hydrogen-bond donors (Lipinski definition) is 1. The second kappa shape index (κ2) is 3.20. The number of halogens is 1. The predicted molar refractivity (Wildman–Crippen MR) is 61.3 cm³/mol. The molecule has 3 rings (SSSR count). The van der Waals surface area contributed by atoms with E-state index in [1.54, 1.807) is 0 Å². The van der Waals surface area contributed by atoms with E-state index in [1.807, 2.05) is 11.3 Å². The molecule has 1 aromatic heterocycles. The first-order valence-corrected chi connectivity index (χ1v) is 5.06. The first kappa shape index (κ1) is 8.85. The van der Waals surface area contributed by atoms with E-state index in [2.05, 4.69) is 28.9 Å². The second-order valence-corrected chi connectivity index (χ2v) is 4.06. The van der Waals surface area contributed by atoms with Crippen molar-refractivity contribution in [2.45, 2.75) is 6.42 Å². The molecule has 1 aliphatic rings. The fraction of sp³-hybridized carbons (Fsp3) is 0.200. The Balaban J connectivity index is 0.000000653. The van der Waals surface area contributed by atoms with Crippen molar-refractivity contribution < 1.29 is 0 Å². The van der Waals surface area contributed by atoms with Crippen LogP contribution in [-0.4, -0.2) is 6.54 Å². The summed E-state index contributed by atoms with van der Waals surface area (Å²) >= 11 is 1.81. The van der Waals surface area contributed by atoms with Gasteiger partial charge in [-0.15, -0.1) is 23.7 Å². The maximum atomic E-state index is 3.44. The third-order valence-corrected chi connectivity index (χ3v) is 3.30. The van der Waals surface area contributed by atoms with Gasteiger partial charge in [0.15, 0.2) is 0 Å². The van der Waals surface area contributed by atoms with Gasteiger partial charge in [-0.3, -0.25) is 0 Å². The minimum Gasteiger partial charge on any atom is -0.384 e. The number of nitrogens with one attached hydrogen (secondary N) is 1. The normalized spacial score (nSPS) is 13.5. The lowest BCUT2D eigenvalue weighted by atomic mass is 10.1. The van der Waals surface area contributed by atoms with Gasteiger partial charge in [0.05, 0.1) is 0 Å². The number of rotatable bonds is 0. The van der Waals surface area contributed by atoms with Crippen LogP contribution in [0, 0.1) is 0 Å². The Morgan fingerprint density at radius 2 is 2.15 bits per heavy atom. The zero-order valence-corrected chi connectivity index (χ0v) is 8.67. The van der Waals surface area contributed by atoms with Crippen molar-refractivity contribution in [3.63, 3.8) is 0 Å². The molecule has 0 unspecified atom stereocenters. The first-order valence-electron chi connectivity index (χ1n) is 4.18. The summed E-state index contributed by atoms with van der Waals surface area (Å²) in [5, 5.41) is 6.99. The van der Waals surface area contributed by atoms with Crippen LogP contribution in [0.1, 0.15) is 5.56 Å². The van der Waals surface area contributed by atoms with E-state index in [9.17, 15) is 0 Å². The summed E-state index contributed by atoms with van der Waals surface area (Å²) in [6.07, 6.45) is 1.18. The van der Waals surface area contributed by atoms with Gasteiger partial charge in [-0.05, 0) is 29.5 Å². The number of hydrogen-bond acceptors (Lipinski definition) is 2. The van der Waals surface area contributed by atoms with Gasteiger partial charge < -0.3 is 5.32 Å². The molecule has 13 heavy (non-hydrogen) atoms. The molecule has 68 valence electrons. The highest BCUT2D eigenvalue weighted by molar-refractivity contribution is 7.17. The van der Waals surface area contributed by atoms with E-state index in [4.69, 9.17) is 0 Å². The molecule has 1 aliphatic heterocycles. The minimum atomic E-state index is 0. The Hall–Kier alpha value is -0.730. The van der Waals surface area contributed by atoms with Crippen molar-refractivity contribution in [3.05, 3.63) is 29.1 Å². The molecule has 0 fully saturated rings. The number of benzene rings is 1. The molecule has 0 atom stereocenters. The van der Waals surface area contributed by atoms with Crippen LogP contribution in [-0.2, 0) is 6.42 Å². The molecule has 0 saturated heterocycles. The maximum absolute atomic E-state index is 3.44. The van der Waals surface area contributed by atoms with E-state index in [-0.39, 0.29) is 12.4 Å². The lowest BCUT2D eigenvalue weighted by Crippen LogP contribution is -1.90. The van der Waals surface area contributed by atoms with Gasteiger partial charge in [-0.25, -0.2) is 0 Å². The lowest BCUT2D eigenvalue weighted by molar-refractivity contribution is 1.11. The molecule has 0 spiro atoms. The Labute approximate surface area is 87.2 Å². The molecule has 2 aromatic rings. The van der Waals surface area contributed by atoms with E-state index in [1.165, 1.54) is 27.8 Å². The molecule has 3 heteroatoms. The van der Waals surface area contributed by atoms with Crippen molar-refractivity contribution in [2.24, 2.45) is 0 Å². The van der Waals surface area contributed by atoms with Crippen molar-refractivity contribution in [1.82, 2.24) is 0 Å². The van der Waals surface area contributed by atoms with Crippen LogP contribution in [0.2, 0.25) is 0 Å². The summed E-state index contributed by atoms with van der Waals surface area (Å²) in [5.41, 5.74) is 2.84. The summed E-state index contributed by atoms with van der Waals surface area (Å²) in [4.78, 5) is 0. The molecule has 0 amide bonds. The van der Waals surface area contributed by atoms with Crippen molar-refractivity contribution in [1.29, 1.82) is 0 Å². The third kappa shape index (κ3) is 1.21. The molecule has 2 heterocycles. The molecule has 0 aliphatic carbocycles. The largest absolute Gasteiger partial charge is 0.384 e. The van der Waals surface area contributed by atoms with Crippen LogP contribution >= 0.6 is 23.7 Å². The highest BCUT2D eigenvalue weighted by Gasteiger charge is 2.12. The average Bonchev–Trinajstić information content (AvgIpc) is 2.71. The molecular weight excluding hydrogens is 202 g/mol. The SMILES string of the molecule is Cl.c1cc2c3c(ccc2s1)CCN3. The maximum Gasteiger partial charge on any atom is 0.0461 e. The van der Waals surface area contributed by atoms with Gasteiger partial charge in [0.1, 0.15) is 0 Å². The van der Waals surface area contributed by atoms with E-state index in [0.29, 0.717) is 0 Å². The number of fused-ring (bicyclic) bond motifs is 3. The fourth-order valence-corrected chi connectivity index (χ4v) is 2.62.